The van der Waals surface area contributed by atoms with Crippen LogP contribution >= 0.6 is 7.60 Å². The maximum Gasteiger partial charge on any atom is 0.355 e. The molecule has 9 heteroatoms. The fourth-order valence-electron chi connectivity index (χ4n) is 1.95. The first-order valence-electron chi connectivity index (χ1n) is 6.30. The summed E-state index contributed by atoms with van der Waals surface area (Å²) < 4.78 is 10.8. The largest absolute Gasteiger partial charge is 0.379 e. The summed E-state index contributed by atoms with van der Waals surface area (Å²) in [5.74, 6) is -2.67. The van der Waals surface area contributed by atoms with E-state index in [2.05, 4.69) is 0 Å². The predicted molar refractivity (Wildman–Crippen MR) is 70.7 cm³/mol. The van der Waals surface area contributed by atoms with Crippen LogP contribution in [0.5, 0.6) is 0 Å². The van der Waals surface area contributed by atoms with Crippen LogP contribution in [0.4, 0.5) is 0 Å². The zero-order valence-electron chi connectivity index (χ0n) is 11.3. The zero-order chi connectivity index (χ0) is 15.3. The van der Waals surface area contributed by atoms with Gasteiger partial charge in [0.1, 0.15) is 6.67 Å². The summed E-state index contributed by atoms with van der Waals surface area (Å²) >= 11 is 0. The molecule has 2 unspecified atom stereocenters. The third-order valence-electron chi connectivity index (χ3n) is 3.06. The fraction of sp³-hybridized carbons (Fsp3) is 0.727. The van der Waals surface area contributed by atoms with Crippen molar-refractivity contribution in [2.24, 2.45) is 5.92 Å². The molecule has 2 atom stereocenters. The molecule has 0 fully saturated rings. The number of rotatable bonds is 6. The number of likely N-dealkylation sites (N-methyl/N-ethyl adjacent to an activating group) is 1. The van der Waals surface area contributed by atoms with E-state index in [1.807, 2.05) is 6.08 Å². The molecule has 0 bridgehead atoms. The highest BCUT2D eigenvalue weighted by atomic mass is 31.2. The molecule has 1 aliphatic carbocycles. The van der Waals surface area contributed by atoms with Crippen molar-refractivity contribution in [3.8, 4) is 0 Å². The van der Waals surface area contributed by atoms with Gasteiger partial charge >= 0.3 is 7.60 Å². The van der Waals surface area contributed by atoms with Crippen LogP contribution in [0, 0.1) is 5.92 Å². The van der Waals surface area contributed by atoms with Crippen LogP contribution in [0.3, 0.4) is 0 Å². The summed E-state index contributed by atoms with van der Waals surface area (Å²) in [5, 5.41) is 19.5. The summed E-state index contributed by atoms with van der Waals surface area (Å²) in [4.78, 5) is 30.7. The minimum atomic E-state index is -4.59. The zero-order valence-corrected chi connectivity index (χ0v) is 12.2. The molecule has 1 aliphatic rings. The van der Waals surface area contributed by atoms with Crippen molar-refractivity contribution in [3.63, 3.8) is 0 Å². The lowest BCUT2D eigenvalue weighted by atomic mass is 9.95. The second kappa shape index (κ2) is 7.31. The van der Waals surface area contributed by atoms with E-state index in [4.69, 9.17) is 9.79 Å². The van der Waals surface area contributed by atoms with Gasteiger partial charge in [-0.2, -0.15) is 0 Å². The first kappa shape index (κ1) is 17.3. The van der Waals surface area contributed by atoms with E-state index in [0.29, 0.717) is 11.5 Å². The molecule has 0 heterocycles. The van der Waals surface area contributed by atoms with Crippen LogP contribution in [0.2, 0.25) is 0 Å². The Bertz CT molecular complexity index is 410. The first-order chi connectivity index (χ1) is 9.21. The number of carbonyl (C=O) groups is 1. The van der Waals surface area contributed by atoms with Crippen LogP contribution in [0.1, 0.15) is 19.3 Å². The number of nitrogens with zero attached hydrogens (tertiary/aromatic N) is 2. The monoisotopic (exact) mass is 308 g/mol. The van der Waals surface area contributed by atoms with E-state index in [1.54, 1.807) is 6.08 Å². The Morgan fingerprint density at radius 1 is 1.50 bits per heavy atom. The highest BCUT2D eigenvalue weighted by Crippen LogP contribution is 2.39. The Kier molecular flexibility index (Phi) is 6.32. The van der Waals surface area contributed by atoms with Crippen LogP contribution in [0.25, 0.3) is 0 Å². The number of hydrogen-bond donors (Lipinski definition) is 4. The van der Waals surface area contributed by atoms with Gasteiger partial charge in [0, 0.05) is 6.54 Å². The summed E-state index contributed by atoms with van der Waals surface area (Å²) in [6, 6.07) is 0. The number of aliphatic hydroxyl groups is 1. The van der Waals surface area contributed by atoms with E-state index in [0.717, 1.165) is 12.8 Å². The lowest BCUT2D eigenvalue weighted by molar-refractivity contribution is -0.177. The van der Waals surface area contributed by atoms with Gasteiger partial charge < -0.3 is 14.9 Å². The normalized spacial score (nSPS) is 21.0. The molecule has 1 amide bonds. The standard InChI is InChI=1S/C11H21N2O6P/c1-12(7-10(14)20(17,18)19)8-13(16)11(15)9-5-3-2-4-6-9/h3,5,9-10,14,16H,2,4,6-8H2,1H3,(H2,17,18,19). The lowest BCUT2D eigenvalue weighted by Gasteiger charge is -2.27. The maximum absolute atomic E-state index is 11.9. The molecule has 116 valence electrons. The molecule has 1 rings (SSSR count). The molecule has 0 spiro atoms. The van der Waals surface area contributed by atoms with Gasteiger partial charge in [0.15, 0.2) is 5.85 Å². The van der Waals surface area contributed by atoms with Crippen molar-refractivity contribution in [2.45, 2.75) is 25.1 Å². The van der Waals surface area contributed by atoms with Crippen molar-refractivity contribution in [1.29, 1.82) is 0 Å². The molecular weight excluding hydrogens is 287 g/mol. The summed E-state index contributed by atoms with van der Waals surface area (Å²) in [6.07, 6.45) is 6.11. The predicted octanol–water partition coefficient (Wildman–Crippen LogP) is -0.0541. The second-order valence-electron chi connectivity index (χ2n) is 4.95. The highest BCUT2D eigenvalue weighted by molar-refractivity contribution is 7.52. The van der Waals surface area contributed by atoms with Crippen molar-refractivity contribution >= 4 is 13.5 Å². The van der Waals surface area contributed by atoms with Gasteiger partial charge in [-0.1, -0.05) is 12.2 Å². The lowest BCUT2D eigenvalue weighted by Crippen LogP contribution is -2.42. The van der Waals surface area contributed by atoms with E-state index in [-0.39, 0.29) is 19.1 Å². The number of carbonyl (C=O) groups excluding carboxylic acids is 1. The van der Waals surface area contributed by atoms with Crippen molar-refractivity contribution in [1.82, 2.24) is 9.96 Å². The molecule has 8 nitrogen and oxygen atoms in total. The van der Waals surface area contributed by atoms with E-state index in [1.165, 1.54) is 11.9 Å². The summed E-state index contributed by atoms with van der Waals surface area (Å²) in [5.41, 5.74) is 0. The van der Waals surface area contributed by atoms with Crippen LogP contribution < -0.4 is 0 Å². The number of amides is 1. The fourth-order valence-corrected chi connectivity index (χ4v) is 2.44. The van der Waals surface area contributed by atoms with Crippen molar-refractivity contribution in [3.05, 3.63) is 12.2 Å². The van der Waals surface area contributed by atoms with Crippen molar-refractivity contribution < 1.29 is 29.5 Å². The average molecular weight is 308 g/mol. The Labute approximate surface area is 117 Å². The van der Waals surface area contributed by atoms with Crippen LogP contribution in [0.15, 0.2) is 12.2 Å². The molecule has 0 saturated heterocycles. The van der Waals surface area contributed by atoms with Crippen LogP contribution in [-0.4, -0.2) is 62.1 Å². The minimum absolute atomic E-state index is 0.236. The first-order valence-corrected chi connectivity index (χ1v) is 7.98. The third-order valence-corrected chi connectivity index (χ3v) is 4.00. The Hall–Kier alpha value is -0.760. The van der Waals surface area contributed by atoms with Crippen molar-refractivity contribution in [2.75, 3.05) is 20.3 Å². The van der Waals surface area contributed by atoms with Gasteiger partial charge in [0.25, 0.3) is 5.91 Å². The molecule has 4 N–H and O–H groups in total. The number of aliphatic hydroxyl groups excluding tert-OH is 1. The van der Waals surface area contributed by atoms with Gasteiger partial charge in [0.2, 0.25) is 0 Å². The molecule has 0 aliphatic heterocycles. The molecule has 0 aromatic rings. The average Bonchev–Trinajstić information content (AvgIpc) is 2.37. The Morgan fingerprint density at radius 2 is 2.15 bits per heavy atom. The molecule has 0 aromatic carbocycles. The summed E-state index contributed by atoms with van der Waals surface area (Å²) in [7, 11) is -3.15. The van der Waals surface area contributed by atoms with E-state index < -0.39 is 19.3 Å². The van der Waals surface area contributed by atoms with E-state index >= 15 is 0 Å². The molecule has 0 radical (unpaired) electrons. The molecule has 20 heavy (non-hydrogen) atoms. The SMILES string of the molecule is CN(CC(O)P(=O)(O)O)CN(O)C(=O)C1C=CCCC1. The highest BCUT2D eigenvalue weighted by Gasteiger charge is 2.29. The number of hydrogen-bond acceptors (Lipinski definition) is 5. The maximum atomic E-state index is 11.9. The summed E-state index contributed by atoms with van der Waals surface area (Å²) in [6.45, 7) is -0.588. The quantitative estimate of drug-likeness (QED) is 0.178. The number of hydroxylamine groups is 2. The second-order valence-corrected chi connectivity index (χ2v) is 6.73. The molecule has 0 aromatic heterocycles. The minimum Gasteiger partial charge on any atom is -0.379 e. The smallest absolute Gasteiger partial charge is 0.355 e. The van der Waals surface area contributed by atoms with Gasteiger partial charge in [0.05, 0.1) is 5.92 Å². The van der Waals surface area contributed by atoms with Gasteiger partial charge in [-0.3, -0.25) is 19.5 Å². The van der Waals surface area contributed by atoms with Crippen LogP contribution in [-0.2, 0) is 9.36 Å². The number of allylic oxidation sites excluding steroid dienone is 1. The van der Waals surface area contributed by atoms with Gasteiger partial charge in [-0.15, -0.1) is 0 Å². The van der Waals surface area contributed by atoms with E-state index in [9.17, 15) is 19.7 Å². The Balaban J connectivity index is 2.46. The van der Waals surface area contributed by atoms with Gasteiger partial charge in [-0.05, 0) is 26.3 Å². The topological polar surface area (TPSA) is 122 Å². The van der Waals surface area contributed by atoms with Gasteiger partial charge in [-0.25, -0.2) is 5.06 Å². The molecule has 0 saturated carbocycles. The molecular formula is C11H21N2O6P. The Morgan fingerprint density at radius 3 is 2.65 bits per heavy atom. The third kappa shape index (κ3) is 5.32.